The number of nitrogens with one attached hydrogen (secondary N) is 1. The van der Waals surface area contributed by atoms with E-state index in [9.17, 15) is 0 Å². The van der Waals surface area contributed by atoms with Crippen LogP contribution < -0.4 is 11.1 Å². The first kappa shape index (κ1) is 6.28. The molecule has 1 aromatic rings. The molecule has 0 aromatic heterocycles. The third-order valence-corrected chi connectivity index (χ3v) is 1.85. The van der Waals surface area contributed by atoms with Crippen molar-refractivity contribution in [2.24, 2.45) is 5.73 Å². The Morgan fingerprint density at radius 3 is 3.00 bits per heavy atom. The van der Waals surface area contributed by atoms with Gasteiger partial charge in [0.05, 0.1) is 5.82 Å². The highest BCUT2D eigenvalue weighted by molar-refractivity contribution is 5.57. The summed E-state index contributed by atoms with van der Waals surface area (Å²) in [5.74, 6) is 0.753. The van der Waals surface area contributed by atoms with E-state index >= 15 is 0 Å². The molecule has 0 saturated heterocycles. The molecule has 0 atom stereocenters. The maximum Gasteiger partial charge on any atom is 0.0968 e. The van der Waals surface area contributed by atoms with Crippen molar-refractivity contribution >= 4 is 6.08 Å². The Morgan fingerprint density at radius 1 is 1.27 bits per heavy atom. The zero-order chi connectivity index (χ0) is 7.68. The van der Waals surface area contributed by atoms with Gasteiger partial charge < -0.3 is 11.1 Å². The van der Waals surface area contributed by atoms with Crippen molar-refractivity contribution in [2.75, 3.05) is 0 Å². The van der Waals surface area contributed by atoms with Crippen molar-refractivity contribution in [1.82, 2.24) is 5.32 Å². The second-order valence-electron chi connectivity index (χ2n) is 2.65. The molecule has 1 aliphatic rings. The molecule has 2 rings (SSSR count). The Morgan fingerprint density at radius 2 is 2.09 bits per heavy atom. The highest BCUT2D eigenvalue weighted by Crippen LogP contribution is 2.14. The largest absolute Gasteiger partial charge is 0.386 e. The van der Waals surface area contributed by atoms with Crippen molar-refractivity contribution in [1.29, 1.82) is 0 Å². The van der Waals surface area contributed by atoms with Gasteiger partial charge in [-0.25, -0.2) is 0 Å². The lowest BCUT2D eigenvalue weighted by Gasteiger charge is -2.14. The Labute approximate surface area is 65.7 Å². The van der Waals surface area contributed by atoms with Crippen LogP contribution in [0.2, 0.25) is 0 Å². The summed E-state index contributed by atoms with van der Waals surface area (Å²) >= 11 is 0. The molecule has 0 unspecified atom stereocenters. The van der Waals surface area contributed by atoms with E-state index in [2.05, 4.69) is 17.4 Å². The molecule has 1 aliphatic heterocycles. The minimum atomic E-state index is 0.753. The number of rotatable bonds is 0. The van der Waals surface area contributed by atoms with E-state index in [0.29, 0.717) is 0 Å². The van der Waals surface area contributed by atoms with E-state index in [0.717, 1.165) is 12.4 Å². The van der Waals surface area contributed by atoms with Crippen molar-refractivity contribution in [3.05, 3.63) is 41.2 Å². The lowest BCUT2D eigenvalue weighted by atomic mass is 10.1. The van der Waals surface area contributed by atoms with Crippen molar-refractivity contribution in [2.45, 2.75) is 6.54 Å². The second kappa shape index (κ2) is 2.31. The molecule has 0 aliphatic carbocycles. The van der Waals surface area contributed by atoms with Gasteiger partial charge in [-0.2, -0.15) is 0 Å². The summed E-state index contributed by atoms with van der Waals surface area (Å²) in [5, 5.41) is 3.08. The zero-order valence-corrected chi connectivity index (χ0v) is 6.17. The Kier molecular flexibility index (Phi) is 1.32. The number of nitrogens with two attached hydrogens (primary N) is 1. The van der Waals surface area contributed by atoms with Gasteiger partial charge in [-0.3, -0.25) is 0 Å². The molecule has 0 saturated carbocycles. The number of benzene rings is 1. The molecule has 0 bridgehead atoms. The Balaban J connectivity index is 2.51. The molecule has 2 heteroatoms. The van der Waals surface area contributed by atoms with Gasteiger partial charge in [0, 0.05) is 6.54 Å². The zero-order valence-electron chi connectivity index (χ0n) is 6.17. The highest BCUT2D eigenvalue weighted by atomic mass is 15.0. The lowest BCUT2D eigenvalue weighted by molar-refractivity contribution is 0.791. The maximum absolute atomic E-state index is 5.60. The maximum atomic E-state index is 5.60. The fourth-order valence-corrected chi connectivity index (χ4v) is 1.25. The van der Waals surface area contributed by atoms with Gasteiger partial charge in [0.25, 0.3) is 0 Å². The SMILES string of the molecule is NC1=Cc2ccccc2CN1. The van der Waals surface area contributed by atoms with Crippen LogP contribution in [0.4, 0.5) is 0 Å². The van der Waals surface area contributed by atoms with Crippen LogP contribution in [-0.2, 0) is 6.54 Å². The number of hydrogen-bond donors (Lipinski definition) is 2. The normalized spacial score (nSPS) is 14.7. The fourth-order valence-electron chi connectivity index (χ4n) is 1.25. The highest BCUT2D eigenvalue weighted by Gasteiger charge is 2.04. The average Bonchev–Trinajstić information content (AvgIpc) is 2.04. The summed E-state index contributed by atoms with van der Waals surface area (Å²) in [6.45, 7) is 0.846. The van der Waals surface area contributed by atoms with Gasteiger partial charge in [-0.05, 0) is 17.2 Å². The van der Waals surface area contributed by atoms with Gasteiger partial charge >= 0.3 is 0 Å². The van der Waals surface area contributed by atoms with Gasteiger partial charge in [-0.1, -0.05) is 24.3 Å². The molecule has 11 heavy (non-hydrogen) atoms. The number of hydrogen-bond acceptors (Lipinski definition) is 2. The standard InChI is InChI=1S/C9H10N2/c10-9-5-7-3-1-2-4-8(7)6-11-9/h1-5,11H,6,10H2. The average molecular weight is 146 g/mol. The van der Waals surface area contributed by atoms with Gasteiger partial charge in [-0.15, -0.1) is 0 Å². The van der Waals surface area contributed by atoms with E-state index in [1.807, 2.05) is 18.2 Å². The lowest BCUT2D eigenvalue weighted by Crippen LogP contribution is -2.22. The fraction of sp³-hybridized carbons (Fsp3) is 0.111. The van der Waals surface area contributed by atoms with Crippen LogP contribution in [0.15, 0.2) is 30.1 Å². The molecule has 2 nitrogen and oxygen atoms in total. The summed E-state index contributed by atoms with van der Waals surface area (Å²) < 4.78 is 0. The van der Waals surface area contributed by atoms with Crippen LogP contribution in [0.25, 0.3) is 6.08 Å². The molecule has 0 fully saturated rings. The topological polar surface area (TPSA) is 38.0 Å². The summed E-state index contributed by atoms with van der Waals surface area (Å²) in [6.07, 6.45) is 1.96. The predicted molar refractivity (Wildman–Crippen MR) is 45.4 cm³/mol. The molecule has 0 spiro atoms. The van der Waals surface area contributed by atoms with E-state index in [4.69, 9.17) is 5.73 Å². The molecular formula is C9H10N2. The third-order valence-electron chi connectivity index (χ3n) is 1.85. The molecular weight excluding hydrogens is 136 g/mol. The van der Waals surface area contributed by atoms with Crippen molar-refractivity contribution < 1.29 is 0 Å². The second-order valence-corrected chi connectivity index (χ2v) is 2.65. The van der Waals surface area contributed by atoms with Crippen LogP contribution >= 0.6 is 0 Å². The third kappa shape index (κ3) is 1.07. The van der Waals surface area contributed by atoms with Crippen molar-refractivity contribution in [3.8, 4) is 0 Å². The molecule has 0 radical (unpaired) electrons. The summed E-state index contributed by atoms with van der Waals surface area (Å²) in [7, 11) is 0. The molecule has 56 valence electrons. The molecule has 1 aromatic carbocycles. The monoisotopic (exact) mass is 146 g/mol. The summed E-state index contributed by atoms with van der Waals surface area (Å²) in [4.78, 5) is 0. The van der Waals surface area contributed by atoms with Crippen LogP contribution in [0.1, 0.15) is 11.1 Å². The minimum absolute atomic E-state index is 0.753. The Bertz CT molecular complexity index is 302. The first-order valence-electron chi connectivity index (χ1n) is 3.65. The number of fused-ring (bicyclic) bond motifs is 1. The smallest absolute Gasteiger partial charge is 0.0968 e. The summed E-state index contributed by atoms with van der Waals surface area (Å²) in [5.41, 5.74) is 8.13. The molecule has 1 heterocycles. The first-order chi connectivity index (χ1) is 5.36. The van der Waals surface area contributed by atoms with Crippen LogP contribution in [0.5, 0.6) is 0 Å². The van der Waals surface area contributed by atoms with Gasteiger partial charge in [0.15, 0.2) is 0 Å². The van der Waals surface area contributed by atoms with Gasteiger partial charge in [0.1, 0.15) is 0 Å². The quantitative estimate of drug-likeness (QED) is 0.574. The van der Waals surface area contributed by atoms with E-state index in [1.165, 1.54) is 11.1 Å². The van der Waals surface area contributed by atoms with Crippen LogP contribution in [0.3, 0.4) is 0 Å². The van der Waals surface area contributed by atoms with E-state index in [1.54, 1.807) is 0 Å². The van der Waals surface area contributed by atoms with E-state index in [-0.39, 0.29) is 0 Å². The molecule has 0 amide bonds. The van der Waals surface area contributed by atoms with Crippen molar-refractivity contribution in [3.63, 3.8) is 0 Å². The van der Waals surface area contributed by atoms with E-state index < -0.39 is 0 Å². The first-order valence-corrected chi connectivity index (χ1v) is 3.65. The van der Waals surface area contributed by atoms with Crippen LogP contribution in [-0.4, -0.2) is 0 Å². The molecule has 3 N–H and O–H groups in total. The Hall–Kier alpha value is -1.44. The van der Waals surface area contributed by atoms with Gasteiger partial charge in [0.2, 0.25) is 0 Å². The summed E-state index contributed by atoms with van der Waals surface area (Å²) in [6, 6.07) is 8.23. The van der Waals surface area contributed by atoms with Crippen LogP contribution in [0, 0.1) is 0 Å². The minimum Gasteiger partial charge on any atom is -0.386 e. The predicted octanol–water partition coefficient (Wildman–Crippen LogP) is 1.05.